The van der Waals surface area contributed by atoms with Crippen LogP contribution in [-0.2, 0) is 14.2 Å². The van der Waals surface area contributed by atoms with Crippen molar-refractivity contribution >= 4 is 0 Å². The van der Waals surface area contributed by atoms with Crippen molar-refractivity contribution in [1.82, 2.24) is 0 Å². The van der Waals surface area contributed by atoms with Gasteiger partial charge < -0.3 is 19.3 Å². The topological polar surface area (TPSA) is 47.9 Å². The van der Waals surface area contributed by atoms with Gasteiger partial charge in [0.05, 0.1) is 6.10 Å². The van der Waals surface area contributed by atoms with Gasteiger partial charge in [0.2, 0.25) is 0 Å². The van der Waals surface area contributed by atoms with E-state index in [2.05, 4.69) is 0 Å². The smallest absolute Gasteiger partial charge is 0.184 e. The van der Waals surface area contributed by atoms with Crippen molar-refractivity contribution in [1.29, 1.82) is 0 Å². The van der Waals surface area contributed by atoms with Crippen LogP contribution < -0.4 is 0 Å². The molecule has 3 fully saturated rings. The molecule has 4 atom stereocenters. The first kappa shape index (κ1) is 10.0. The van der Waals surface area contributed by atoms with E-state index in [4.69, 9.17) is 14.2 Å². The summed E-state index contributed by atoms with van der Waals surface area (Å²) < 4.78 is 17.2. The zero-order valence-electron chi connectivity index (χ0n) is 9.02. The number of ether oxygens (including phenoxy) is 3. The molecule has 0 aromatic carbocycles. The Morgan fingerprint density at radius 1 is 1.07 bits per heavy atom. The monoisotopic (exact) mass is 214 g/mol. The van der Waals surface area contributed by atoms with Crippen molar-refractivity contribution in [3.8, 4) is 0 Å². The minimum atomic E-state index is -0.814. The Kier molecular flexibility index (Phi) is 2.28. The average Bonchev–Trinajstić information content (AvgIpc) is 2.69. The van der Waals surface area contributed by atoms with Gasteiger partial charge in [0.25, 0.3) is 0 Å². The molecule has 1 N–H and O–H groups in total. The van der Waals surface area contributed by atoms with Crippen LogP contribution in [-0.4, -0.2) is 35.5 Å². The quantitative estimate of drug-likeness (QED) is 0.657. The first-order chi connectivity index (χ1) is 7.20. The Balaban J connectivity index is 1.77. The molecule has 4 heteroatoms. The Bertz CT molecular complexity index is 231. The van der Waals surface area contributed by atoms with Gasteiger partial charge in [0.15, 0.2) is 12.1 Å². The molecule has 86 valence electrons. The van der Waals surface area contributed by atoms with Gasteiger partial charge in [-0.15, -0.1) is 0 Å². The van der Waals surface area contributed by atoms with Gasteiger partial charge in [-0.05, 0) is 19.8 Å². The highest BCUT2D eigenvalue weighted by Gasteiger charge is 2.56. The molecular formula is C11H18O4. The van der Waals surface area contributed by atoms with Crippen LogP contribution in [0.1, 0.15) is 39.0 Å². The molecule has 1 unspecified atom stereocenters. The first-order valence-electron chi connectivity index (χ1n) is 5.89. The number of hydrogen-bond acceptors (Lipinski definition) is 4. The third kappa shape index (κ3) is 1.51. The van der Waals surface area contributed by atoms with Crippen LogP contribution in [0.4, 0.5) is 0 Å². The summed E-state index contributed by atoms with van der Waals surface area (Å²) in [5, 5.41) is 9.66. The van der Waals surface area contributed by atoms with E-state index in [1.165, 1.54) is 6.42 Å². The molecule has 15 heavy (non-hydrogen) atoms. The number of rotatable bonds is 0. The van der Waals surface area contributed by atoms with Crippen LogP contribution in [0.3, 0.4) is 0 Å². The lowest BCUT2D eigenvalue weighted by molar-refractivity contribution is -0.245. The lowest BCUT2D eigenvalue weighted by Gasteiger charge is -2.33. The van der Waals surface area contributed by atoms with Crippen molar-refractivity contribution in [3.63, 3.8) is 0 Å². The Morgan fingerprint density at radius 2 is 1.73 bits per heavy atom. The fourth-order valence-electron chi connectivity index (χ4n) is 2.94. The van der Waals surface area contributed by atoms with Crippen molar-refractivity contribution < 1.29 is 19.3 Å². The maximum atomic E-state index is 9.66. The fraction of sp³-hybridized carbons (Fsp3) is 1.00. The Labute approximate surface area is 89.5 Å². The predicted octanol–water partition coefficient (Wildman–Crippen LogP) is 1.17. The molecule has 1 saturated carbocycles. The van der Waals surface area contributed by atoms with Gasteiger partial charge in [0.1, 0.15) is 12.2 Å². The SMILES string of the molecule is C[C@H]1OC(O)[C@@H]2OC3(CCCCC3)O[C@H]12. The third-order valence-corrected chi connectivity index (χ3v) is 3.74. The second-order valence-corrected chi connectivity index (χ2v) is 4.87. The van der Waals surface area contributed by atoms with Crippen molar-refractivity contribution in [2.24, 2.45) is 0 Å². The van der Waals surface area contributed by atoms with Crippen LogP contribution >= 0.6 is 0 Å². The van der Waals surface area contributed by atoms with Crippen molar-refractivity contribution in [2.45, 2.75) is 69.4 Å². The number of aliphatic hydroxyl groups excluding tert-OH is 1. The summed E-state index contributed by atoms with van der Waals surface area (Å²) in [5.41, 5.74) is 0. The second kappa shape index (κ2) is 3.42. The van der Waals surface area contributed by atoms with Gasteiger partial charge in [0, 0.05) is 12.8 Å². The normalized spacial score (nSPS) is 48.4. The molecule has 1 spiro atoms. The van der Waals surface area contributed by atoms with E-state index < -0.39 is 12.1 Å². The standard InChI is InChI=1S/C11H18O4/c1-7-8-9(10(12)13-7)15-11(14-8)5-3-2-4-6-11/h7-10,12H,2-6H2,1H3/t7-,8-,9-,10?/m1/s1. The highest BCUT2D eigenvalue weighted by molar-refractivity contribution is 4.95. The van der Waals surface area contributed by atoms with Crippen LogP contribution in [0, 0.1) is 0 Å². The number of fused-ring (bicyclic) bond motifs is 1. The molecular weight excluding hydrogens is 196 g/mol. The largest absolute Gasteiger partial charge is 0.366 e. The summed E-state index contributed by atoms with van der Waals surface area (Å²) in [5.74, 6) is -0.410. The lowest BCUT2D eigenvalue weighted by Crippen LogP contribution is -2.36. The van der Waals surface area contributed by atoms with E-state index in [0.717, 1.165) is 25.7 Å². The number of aliphatic hydroxyl groups is 1. The molecule has 0 aromatic rings. The van der Waals surface area contributed by atoms with Gasteiger partial charge in [-0.3, -0.25) is 0 Å². The zero-order chi connectivity index (χ0) is 10.5. The van der Waals surface area contributed by atoms with E-state index >= 15 is 0 Å². The molecule has 4 nitrogen and oxygen atoms in total. The van der Waals surface area contributed by atoms with Crippen molar-refractivity contribution in [3.05, 3.63) is 0 Å². The molecule has 0 radical (unpaired) electrons. The van der Waals surface area contributed by atoms with E-state index in [-0.39, 0.29) is 18.3 Å². The summed E-state index contributed by atoms with van der Waals surface area (Å²) in [6, 6.07) is 0. The van der Waals surface area contributed by atoms with Gasteiger partial charge in [-0.25, -0.2) is 0 Å². The molecule has 2 saturated heterocycles. The highest BCUT2D eigenvalue weighted by Crippen LogP contribution is 2.45. The molecule has 3 rings (SSSR count). The predicted molar refractivity (Wildman–Crippen MR) is 52.1 cm³/mol. The summed E-state index contributed by atoms with van der Waals surface area (Å²) in [7, 11) is 0. The second-order valence-electron chi connectivity index (χ2n) is 4.87. The minimum absolute atomic E-state index is 0.0636. The molecule has 2 heterocycles. The summed E-state index contributed by atoms with van der Waals surface area (Å²) in [6.45, 7) is 1.93. The van der Waals surface area contributed by atoms with E-state index in [1.807, 2.05) is 6.92 Å². The molecule has 3 aliphatic rings. The molecule has 0 amide bonds. The minimum Gasteiger partial charge on any atom is -0.366 e. The van der Waals surface area contributed by atoms with Crippen LogP contribution in [0.2, 0.25) is 0 Å². The van der Waals surface area contributed by atoms with Crippen LogP contribution in [0.5, 0.6) is 0 Å². The first-order valence-corrected chi connectivity index (χ1v) is 5.89. The third-order valence-electron chi connectivity index (χ3n) is 3.74. The Morgan fingerprint density at radius 3 is 2.40 bits per heavy atom. The number of hydrogen-bond donors (Lipinski definition) is 1. The molecule has 1 aliphatic carbocycles. The molecule has 0 bridgehead atoms. The van der Waals surface area contributed by atoms with Gasteiger partial charge in [-0.2, -0.15) is 0 Å². The molecule has 2 aliphatic heterocycles. The lowest BCUT2D eigenvalue weighted by atomic mass is 9.94. The maximum absolute atomic E-state index is 9.66. The average molecular weight is 214 g/mol. The summed E-state index contributed by atoms with van der Waals surface area (Å²) in [4.78, 5) is 0. The Hall–Kier alpha value is -0.160. The van der Waals surface area contributed by atoms with E-state index in [0.29, 0.717) is 0 Å². The van der Waals surface area contributed by atoms with Gasteiger partial charge in [-0.1, -0.05) is 6.42 Å². The maximum Gasteiger partial charge on any atom is 0.184 e. The van der Waals surface area contributed by atoms with Gasteiger partial charge >= 0.3 is 0 Å². The molecule has 0 aromatic heterocycles. The highest BCUT2D eigenvalue weighted by atomic mass is 16.8. The van der Waals surface area contributed by atoms with Crippen LogP contribution in [0.15, 0.2) is 0 Å². The summed E-state index contributed by atoms with van der Waals surface area (Å²) >= 11 is 0. The zero-order valence-corrected chi connectivity index (χ0v) is 9.02. The van der Waals surface area contributed by atoms with E-state index in [9.17, 15) is 5.11 Å². The van der Waals surface area contributed by atoms with E-state index in [1.54, 1.807) is 0 Å². The summed E-state index contributed by atoms with van der Waals surface area (Å²) in [6.07, 6.45) is 4.25. The van der Waals surface area contributed by atoms with Crippen molar-refractivity contribution in [2.75, 3.05) is 0 Å². The fourth-order valence-corrected chi connectivity index (χ4v) is 2.94. The van der Waals surface area contributed by atoms with Crippen LogP contribution in [0.25, 0.3) is 0 Å².